The normalized spacial score (nSPS) is 34.7. The molecule has 0 bridgehead atoms. The summed E-state index contributed by atoms with van der Waals surface area (Å²) < 4.78 is 77.2. The molecule has 0 spiro atoms. The molecule has 0 aromatic heterocycles. The lowest BCUT2D eigenvalue weighted by molar-refractivity contribution is -0.297. The van der Waals surface area contributed by atoms with Crippen LogP contribution in [0.3, 0.4) is 0 Å². The highest BCUT2D eigenvalue weighted by Crippen LogP contribution is 2.55. The molecule has 0 amide bonds. The minimum atomic E-state index is -2.96. The molecule has 0 aliphatic carbocycles. The Morgan fingerprint density at radius 3 is 1.48 bits per heavy atom. The van der Waals surface area contributed by atoms with Gasteiger partial charge in [-0.05, 0) is 119 Å². The first-order chi connectivity index (χ1) is 39.3. The number of ether oxygens (including phenoxy) is 6. The van der Waals surface area contributed by atoms with Crippen LogP contribution in [-0.2, 0) is 46.1 Å². The van der Waals surface area contributed by atoms with Crippen LogP contribution in [-0.4, -0.2) is 124 Å². The summed E-state index contributed by atoms with van der Waals surface area (Å²) in [6.07, 6.45) is 3.66. The molecule has 0 radical (unpaired) electrons. The highest BCUT2D eigenvalue weighted by Gasteiger charge is 2.65. The Balaban J connectivity index is 1.15. The SMILES string of the molecule is C=C1O[C@@]2(C)C[C@H]3O[C@H]4C[C@H]5O[C@H]6C[C@@H](O[Si](C(C)C)(C(C)C)C(C)C)[C@](C)(CO[Si](c7ccccc7)(c7ccccc7)C(C)(C)C)O[C@@H]6C[C@H](C)C[C@@H]5O[C@@H]4C[C@H](O[Si](C(C)C)(C(C)C)C(C)C)[C@]3(C)O[C@@H]2CC[C@@H]1O[Si](CC)(CC)CC. The average Bonchev–Trinajstić information content (AvgIpc) is 3.64. The van der Waals surface area contributed by atoms with Crippen LogP contribution in [0.25, 0.3) is 0 Å². The van der Waals surface area contributed by atoms with Gasteiger partial charge >= 0.3 is 0 Å². The second-order valence-electron chi connectivity index (χ2n) is 30.9. The fourth-order valence-corrected chi connectivity index (χ4v) is 36.9. The largest absolute Gasteiger partial charge is 0.487 e. The third-order valence-corrected chi connectivity index (χ3v) is 44.6. The molecule has 6 aliphatic rings. The Labute approximate surface area is 516 Å². The molecule has 6 heterocycles. The summed E-state index contributed by atoms with van der Waals surface area (Å²) in [4.78, 5) is 0. The Hall–Kier alpha value is -1.51. The van der Waals surface area contributed by atoms with E-state index >= 15 is 0 Å². The van der Waals surface area contributed by atoms with Crippen molar-refractivity contribution in [2.24, 2.45) is 5.92 Å². The van der Waals surface area contributed by atoms with E-state index in [0.717, 1.165) is 49.6 Å². The van der Waals surface area contributed by atoms with Gasteiger partial charge in [0.1, 0.15) is 28.7 Å². The number of hydrogen-bond donors (Lipinski definition) is 0. The van der Waals surface area contributed by atoms with E-state index in [9.17, 15) is 0 Å². The van der Waals surface area contributed by atoms with Gasteiger partial charge in [0.2, 0.25) is 16.6 Å². The van der Waals surface area contributed by atoms with Crippen molar-refractivity contribution < 1.29 is 46.1 Å². The van der Waals surface area contributed by atoms with E-state index in [1.54, 1.807) is 0 Å². The van der Waals surface area contributed by atoms with Crippen molar-refractivity contribution in [1.82, 2.24) is 0 Å². The first-order valence-corrected chi connectivity index (χ1v) is 42.5. The summed E-state index contributed by atoms with van der Waals surface area (Å²) in [7, 11) is -9.86. The Kier molecular flexibility index (Phi) is 21.5. The molecule has 84 heavy (non-hydrogen) atoms. The van der Waals surface area contributed by atoms with Crippen LogP contribution in [0, 0.1) is 5.92 Å². The fourth-order valence-electron chi connectivity index (χ4n) is 18.0. The molecule has 8 rings (SSSR count). The van der Waals surface area contributed by atoms with Crippen LogP contribution in [0.1, 0.15) is 204 Å². The zero-order valence-corrected chi connectivity index (χ0v) is 60.9. The van der Waals surface area contributed by atoms with Gasteiger partial charge < -0.3 is 46.1 Å². The van der Waals surface area contributed by atoms with Gasteiger partial charge in [0.15, 0.2) is 8.32 Å². The predicted molar refractivity (Wildman–Crippen MR) is 355 cm³/mol. The summed E-state index contributed by atoms with van der Waals surface area (Å²) in [5.74, 6) is 1.04. The number of benzene rings is 2. The highest BCUT2D eigenvalue weighted by molar-refractivity contribution is 6.99. The maximum atomic E-state index is 8.08. The van der Waals surface area contributed by atoms with Crippen molar-refractivity contribution in [2.75, 3.05) is 6.61 Å². The van der Waals surface area contributed by atoms with Crippen molar-refractivity contribution in [3.05, 3.63) is 73.0 Å². The zero-order valence-electron chi connectivity index (χ0n) is 56.9. The van der Waals surface area contributed by atoms with E-state index in [0.29, 0.717) is 71.5 Å². The maximum absolute atomic E-state index is 8.08. The van der Waals surface area contributed by atoms with Crippen molar-refractivity contribution >= 4 is 43.6 Å². The van der Waals surface area contributed by atoms with Crippen molar-refractivity contribution in [1.29, 1.82) is 0 Å². The van der Waals surface area contributed by atoms with Gasteiger partial charge in [-0.2, -0.15) is 0 Å². The van der Waals surface area contributed by atoms with Crippen LogP contribution in [0.15, 0.2) is 73.0 Å². The van der Waals surface area contributed by atoms with Crippen molar-refractivity contribution in [2.45, 2.75) is 344 Å². The summed E-state index contributed by atoms with van der Waals surface area (Å²) >= 11 is 0. The molecule has 6 aliphatic heterocycles. The topological polar surface area (TPSA) is 92.3 Å². The minimum absolute atomic E-state index is 0.124. The summed E-state index contributed by atoms with van der Waals surface area (Å²) in [5.41, 5.74) is 0.0924. The first kappa shape index (κ1) is 68.4. The van der Waals surface area contributed by atoms with Crippen LogP contribution >= 0.6 is 0 Å². The van der Waals surface area contributed by atoms with Gasteiger partial charge in [-0.15, -0.1) is 0 Å². The lowest BCUT2D eigenvalue weighted by atomic mass is 9.76. The Morgan fingerprint density at radius 2 is 0.988 bits per heavy atom. The molecule has 6 fully saturated rings. The van der Waals surface area contributed by atoms with Gasteiger partial charge in [-0.25, -0.2) is 0 Å². The second-order valence-corrected chi connectivity index (χ2v) is 50.8. The molecule has 6 saturated heterocycles. The smallest absolute Gasteiger partial charge is 0.261 e. The number of rotatable bonds is 20. The number of fused-ring (bicyclic) bond motifs is 5. The molecule has 0 saturated carbocycles. The van der Waals surface area contributed by atoms with Crippen LogP contribution < -0.4 is 10.4 Å². The summed E-state index contributed by atoms with van der Waals surface area (Å²) in [5, 5.41) is 2.33. The van der Waals surface area contributed by atoms with Crippen LogP contribution in [0.2, 0.25) is 56.4 Å². The van der Waals surface area contributed by atoms with E-state index in [1.165, 1.54) is 10.4 Å². The van der Waals surface area contributed by atoms with Gasteiger partial charge in [0, 0.05) is 25.7 Å². The number of hydrogen-bond acceptors (Lipinski definition) is 10. The van der Waals surface area contributed by atoms with E-state index in [2.05, 4.69) is 220 Å². The van der Waals surface area contributed by atoms with Gasteiger partial charge in [-0.1, -0.05) is 199 Å². The molecule has 14 heteroatoms. The molecule has 15 atom stereocenters. The molecular formula is C70H120O10Si4. The molecule has 2 aromatic carbocycles. The molecule has 2 aromatic rings. The summed E-state index contributed by atoms with van der Waals surface area (Å²) in [6.45, 7) is 57.0. The third-order valence-electron chi connectivity index (χ3n) is 22.8. The average molecular weight is 1230 g/mol. The lowest BCUT2D eigenvalue weighted by Gasteiger charge is -2.56. The van der Waals surface area contributed by atoms with Gasteiger partial charge in [0.05, 0.1) is 67.6 Å². The lowest BCUT2D eigenvalue weighted by Crippen LogP contribution is -2.70. The molecule has 476 valence electrons. The minimum Gasteiger partial charge on any atom is -0.487 e. The van der Waals surface area contributed by atoms with Gasteiger partial charge in [0.25, 0.3) is 8.32 Å². The van der Waals surface area contributed by atoms with Gasteiger partial charge in [-0.3, -0.25) is 0 Å². The standard InChI is InChI=1S/C70H120O10Si4/c1-24-81(25-2,26-3)78-56-37-38-63-68(21,75-53(56)17)44-66-70(23,77-63)65(80-83(49(10)11,50(12)13)51(14)15)43-60-59(74-66)41-58-57(72-60)39-52(16)40-62-61(73-58)42-64(79-82(46(4)5,47(6)7)48(8)9)69(22,76-62)45-71-84(67(18,19)20,54-33-29-27-30-34-54)55-35-31-28-32-36-55/h27-36,46-52,56-66H,17,24-26,37-45H2,1-16,18-23H3/t52-,56+,57+,58-,59+,60-,61+,62-,63-,64-,65+,66-,68+,69+,70+/m1/s1. The van der Waals surface area contributed by atoms with E-state index < -0.39 is 50.1 Å². The predicted octanol–water partition coefficient (Wildman–Crippen LogP) is 16.8. The third kappa shape index (κ3) is 12.8. The van der Waals surface area contributed by atoms with Crippen molar-refractivity contribution in [3.8, 4) is 0 Å². The van der Waals surface area contributed by atoms with Crippen LogP contribution in [0.4, 0.5) is 0 Å². The van der Waals surface area contributed by atoms with Crippen LogP contribution in [0.5, 0.6) is 0 Å². The van der Waals surface area contributed by atoms with E-state index in [-0.39, 0.29) is 72.2 Å². The quantitative estimate of drug-likeness (QED) is 0.119. The molecule has 10 nitrogen and oxygen atoms in total. The summed E-state index contributed by atoms with van der Waals surface area (Å²) in [6, 6.07) is 25.3. The maximum Gasteiger partial charge on any atom is 0.261 e. The zero-order chi connectivity index (χ0) is 61.8. The Morgan fingerprint density at radius 1 is 0.548 bits per heavy atom. The Bertz CT molecular complexity index is 2360. The molecule has 0 N–H and O–H groups in total. The first-order valence-electron chi connectivity index (χ1n) is 33.8. The molecular weight excluding hydrogens is 1110 g/mol. The van der Waals surface area contributed by atoms with E-state index in [4.69, 9.17) is 46.1 Å². The second kappa shape index (κ2) is 26.4. The molecule has 0 unspecified atom stereocenters. The van der Waals surface area contributed by atoms with E-state index in [1.807, 2.05) is 0 Å². The fraction of sp³-hybridized carbons (Fsp3) is 0.800. The monoisotopic (exact) mass is 1230 g/mol. The highest BCUT2D eigenvalue weighted by atomic mass is 28.4. The van der Waals surface area contributed by atoms with Crippen molar-refractivity contribution in [3.63, 3.8) is 0 Å².